The zero-order chi connectivity index (χ0) is 18.2. The molecule has 1 N–H and O–H groups in total. The highest BCUT2D eigenvalue weighted by molar-refractivity contribution is 7.99. The predicted molar refractivity (Wildman–Crippen MR) is 103 cm³/mol. The summed E-state index contributed by atoms with van der Waals surface area (Å²) >= 11 is 3.10. The van der Waals surface area contributed by atoms with Crippen molar-refractivity contribution in [1.29, 1.82) is 5.26 Å². The number of rotatable bonds is 8. The number of benzene rings is 1. The number of hydrogen-bond donors (Lipinski definition) is 1. The number of nitrogens with zero attached hydrogens (tertiary/aromatic N) is 4. The normalized spacial score (nSPS) is 10.4. The van der Waals surface area contributed by atoms with Crippen molar-refractivity contribution in [2.24, 2.45) is 0 Å². The van der Waals surface area contributed by atoms with Crippen molar-refractivity contribution in [2.75, 3.05) is 11.1 Å². The molecular formula is C18H17N5OS2. The van der Waals surface area contributed by atoms with Gasteiger partial charge in [0.05, 0.1) is 18.2 Å². The fourth-order valence-electron chi connectivity index (χ4n) is 2.32. The van der Waals surface area contributed by atoms with Gasteiger partial charge in [-0.25, -0.2) is 0 Å². The highest BCUT2D eigenvalue weighted by Crippen LogP contribution is 2.17. The van der Waals surface area contributed by atoms with Crippen LogP contribution >= 0.6 is 23.1 Å². The van der Waals surface area contributed by atoms with E-state index in [-0.39, 0.29) is 11.7 Å². The molecule has 0 atom stereocenters. The lowest BCUT2D eigenvalue weighted by Gasteiger charge is -2.07. The maximum atomic E-state index is 12.1. The highest BCUT2D eigenvalue weighted by atomic mass is 32.2. The van der Waals surface area contributed by atoms with Crippen molar-refractivity contribution in [3.8, 4) is 6.07 Å². The van der Waals surface area contributed by atoms with Crippen LogP contribution in [-0.4, -0.2) is 26.4 Å². The molecule has 0 unspecified atom stereocenters. The number of hydrogen-bond acceptors (Lipinski definition) is 6. The topological polar surface area (TPSA) is 83.6 Å². The Balaban J connectivity index is 1.48. The van der Waals surface area contributed by atoms with Crippen LogP contribution in [0.4, 0.5) is 5.69 Å². The second-order valence-corrected chi connectivity index (χ2v) is 7.48. The third kappa shape index (κ3) is 5.18. The van der Waals surface area contributed by atoms with E-state index in [9.17, 15) is 4.79 Å². The number of thiophene rings is 1. The molecule has 0 spiro atoms. The first-order valence-corrected chi connectivity index (χ1v) is 9.90. The van der Waals surface area contributed by atoms with Crippen molar-refractivity contribution in [3.63, 3.8) is 0 Å². The SMILES string of the molecule is N#CCc1ccc(NC(=O)CSc2nncn2CCc2cccs2)cc1. The van der Waals surface area contributed by atoms with E-state index in [1.54, 1.807) is 29.8 Å². The minimum absolute atomic E-state index is 0.101. The zero-order valence-electron chi connectivity index (χ0n) is 14.0. The van der Waals surface area contributed by atoms with Crippen LogP contribution in [0.1, 0.15) is 10.4 Å². The van der Waals surface area contributed by atoms with Crippen LogP contribution in [0.2, 0.25) is 0 Å². The van der Waals surface area contributed by atoms with Gasteiger partial charge in [-0.2, -0.15) is 5.26 Å². The van der Waals surface area contributed by atoms with Gasteiger partial charge in [-0.05, 0) is 35.6 Å². The Hall–Kier alpha value is -2.63. The van der Waals surface area contributed by atoms with E-state index in [0.717, 1.165) is 29.4 Å². The van der Waals surface area contributed by atoms with Gasteiger partial charge in [0.2, 0.25) is 5.91 Å². The summed E-state index contributed by atoms with van der Waals surface area (Å²) in [4.78, 5) is 13.4. The number of carbonyl (C=O) groups is 1. The lowest BCUT2D eigenvalue weighted by Crippen LogP contribution is -2.14. The zero-order valence-corrected chi connectivity index (χ0v) is 15.6. The molecule has 6 nitrogen and oxygen atoms in total. The molecule has 0 bridgehead atoms. The van der Waals surface area contributed by atoms with E-state index < -0.39 is 0 Å². The van der Waals surface area contributed by atoms with Crippen LogP contribution in [0, 0.1) is 11.3 Å². The lowest BCUT2D eigenvalue weighted by molar-refractivity contribution is -0.113. The standard InChI is InChI=1S/C18H17N5OS2/c19-9-7-14-3-5-15(6-4-14)21-17(24)12-26-18-22-20-13-23(18)10-8-16-2-1-11-25-16/h1-6,11,13H,7-8,10,12H2,(H,21,24). The Bertz CT molecular complexity index is 881. The van der Waals surface area contributed by atoms with E-state index in [1.165, 1.54) is 16.6 Å². The largest absolute Gasteiger partial charge is 0.325 e. The highest BCUT2D eigenvalue weighted by Gasteiger charge is 2.09. The van der Waals surface area contributed by atoms with E-state index >= 15 is 0 Å². The number of amides is 1. The molecule has 1 amide bonds. The molecule has 0 fully saturated rings. The number of carbonyl (C=O) groups excluding carboxylic acids is 1. The second-order valence-electron chi connectivity index (χ2n) is 5.50. The lowest BCUT2D eigenvalue weighted by atomic mass is 10.1. The minimum Gasteiger partial charge on any atom is -0.325 e. The Morgan fingerprint density at radius 2 is 2.15 bits per heavy atom. The molecule has 26 heavy (non-hydrogen) atoms. The molecule has 8 heteroatoms. The predicted octanol–water partition coefficient (Wildman–Crippen LogP) is 3.38. The summed E-state index contributed by atoms with van der Waals surface area (Å²) in [6.45, 7) is 0.790. The molecule has 0 aliphatic rings. The third-order valence-corrected chi connectivity index (χ3v) is 5.53. The molecule has 132 valence electrons. The molecule has 0 saturated heterocycles. The van der Waals surface area contributed by atoms with Crippen molar-refractivity contribution >= 4 is 34.7 Å². The van der Waals surface area contributed by atoms with Crippen molar-refractivity contribution < 1.29 is 4.79 Å². The number of nitrogens with one attached hydrogen (secondary N) is 1. The molecule has 0 radical (unpaired) electrons. The fraction of sp³-hybridized carbons (Fsp3) is 0.222. The maximum Gasteiger partial charge on any atom is 0.234 e. The first kappa shape index (κ1) is 18.2. The van der Waals surface area contributed by atoms with Gasteiger partial charge in [-0.3, -0.25) is 4.79 Å². The number of thioether (sulfide) groups is 1. The molecule has 3 rings (SSSR count). The molecule has 0 aliphatic carbocycles. The Morgan fingerprint density at radius 3 is 2.88 bits per heavy atom. The average Bonchev–Trinajstić information content (AvgIpc) is 3.31. The minimum atomic E-state index is -0.101. The average molecular weight is 384 g/mol. The summed E-state index contributed by atoms with van der Waals surface area (Å²) in [5, 5.41) is 22.4. The second kappa shape index (κ2) is 9.17. The Kier molecular flexibility index (Phi) is 6.41. The van der Waals surface area contributed by atoms with Crippen LogP contribution in [-0.2, 0) is 24.2 Å². The summed E-state index contributed by atoms with van der Waals surface area (Å²) < 4.78 is 1.97. The van der Waals surface area contributed by atoms with Crippen LogP contribution < -0.4 is 5.32 Å². The number of aryl methyl sites for hydroxylation is 2. The Labute approximate surface area is 159 Å². The van der Waals surface area contributed by atoms with E-state index in [0.29, 0.717) is 6.42 Å². The smallest absolute Gasteiger partial charge is 0.234 e. The van der Waals surface area contributed by atoms with Gasteiger partial charge in [-0.1, -0.05) is 30.0 Å². The monoisotopic (exact) mass is 383 g/mol. The first-order valence-electron chi connectivity index (χ1n) is 8.03. The molecular weight excluding hydrogens is 366 g/mol. The summed E-state index contributed by atoms with van der Waals surface area (Å²) in [7, 11) is 0. The van der Waals surface area contributed by atoms with Crippen LogP contribution in [0.3, 0.4) is 0 Å². The number of anilines is 1. The molecule has 0 saturated carbocycles. The molecule has 1 aromatic carbocycles. The van der Waals surface area contributed by atoms with E-state index in [4.69, 9.17) is 5.26 Å². The van der Waals surface area contributed by atoms with E-state index in [2.05, 4.69) is 33.0 Å². The van der Waals surface area contributed by atoms with Crippen molar-refractivity contribution in [1.82, 2.24) is 14.8 Å². The van der Waals surface area contributed by atoms with Crippen molar-refractivity contribution in [2.45, 2.75) is 24.5 Å². The van der Waals surface area contributed by atoms with Gasteiger partial charge in [0.25, 0.3) is 0 Å². The van der Waals surface area contributed by atoms with Crippen LogP contribution in [0.25, 0.3) is 0 Å². The summed E-state index contributed by atoms with van der Waals surface area (Å²) in [5.41, 5.74) is 1.65. The van der Waals surface area contributed by atoms with Gasteiger partial charge in [0.1, 0.15) is 6.33 Å². The summed E-state index contributed by atoms with van der Waals surface area (Å²) in [5.74, 6) is 0.160. The maximum absolute atomic E-state index is 12.1. The number of nitriles is 1. The Morgan fingerprint density at radius 1 is 1.31 bits per heavy atom. The molecule has 2 heterocycles. The molecule has 3 aromatic rings. The van der Waals surface area contributed by atoms with Crippen molar-refractivity contribution in [3.05, 3.63) is 58.5 Å². The first-order chi connectivity index (χ1) is 12.7. The van der Waals surface area contributed by atoms with Gasteiger partial charge in [0.15, 0.2) is 5.16 Å². The quantitative estimate of drug-likeness (QED) is 0.603. The third-order valence-electron chi connectivity index (χ3n) is 3.61. The molecule has 0 aliphatic heterocycles. The van der Waals surface area contributed by atoms with Gasteiger partial charge in [-0.15, -0.1) is 21.5 Å². The van der Waals surface area contributed by atoms with Gasteiger partial charge < -0.3 is 9.88 Å². The molecule has 2 aromatic heterocycles. The fourth-order valence-corrected chi connectivity index (χ4v) is 3.76. The van der Waals surface area contributed by atoms with Gasteiger partial charge >= 0.3 is 0 Å². The van der Waals surface area contributed by atoms with E-state index in [1.807, 2.05) is 22.8 Å². The van der Waals surface area contributed by atoms with Crippen LogP contribution in [0.5, 0.6) is 0 Å². The van der Waals surface area contributed by atoms with Gasteiger partial charge in [0, 0.05) is 17.1 Å². The number of aromatic nitrogens is 3. The van der Waals surface area contributed by atoms with Crippen LogP contribution in [0.15, 0.2) is 53.3 Å². The summed E-state index contributed by atoms with van der Waals surface area (Å²) in [6, 6.07) is 13.5. The summed E-state index contributed by atoms with van der Waals surface area (Å²) in [6.07, 6.45) is 2.98.